The van der Waals surface area contributed by atoms with Gasteiger partial charge in [0.15, 0.2) is 0 Å². The first-order valence-electron chi connectivity index (χ1n) is 6.84. The van der Waals surface area contributed by atoms with Crippen molar-refractivity contribution in [3.63, 3.8) is 0 Å². The Morgan fingerprint density at radius 1 is 1.12 bits per heavy atom. The minimum absolute atomic E-state index is 0.0977. The van der Waals surface area contributed by atoms with Gasteiger partial charge >= 0.3 is 0 Å². The summed E-state index contributed by atoms with van der Waals surface area (Å²) in [6, 6.07) is 0. The lowest BCUT2D eigenvalue weighted by atomic mass is 9.88. The van der Waals surface area contributed by atoms with E-state index in [0.29, 0.717) is 18.3 Å². The molecular weight excluding hydrogens is 236 g/mol. The molecule has 0 aliphatic rings. The topological polar surface area (TPSA) is 54.4 Å². The maximum absolute atomic E-state index is 10.7. The molecule has 0 saturated heterocycles. The molecular formula is C13H28O3S. The van der Waals surface area contributed by atoms with Crippen LogP contribution in [0.15, 0.2) is 0 Å². The molecule has 0 spiro atoms. The highest BCUT2D eigenvalue weighted by Gasteiger charge is 2.14. The van der Waals surface area contributed by atoms with Crippen LogP contribution in [0.4, 0.5) is 0 Å². The Morgan fingerprint density at radius 2 is 1.76 bits per heavy atom. The van der Waals surface area contributed by atoms with Crippen molar-refractivity contribution in [2.75, 3.05) is 5.75 Å². The van der Waals surface area contributed by atoms with Gasteiger partial charge in [-0.05, 0) is 24.7 Å². The summed E-state index contributed by atoms with van der Waals surface area (Å²) >= 11 is 0. The molecule has 0 aliphatic heterocycles. The smallest absolute Gasteiger partial charge is 0.264 e. The Bertz CT molecular complexity index is 272. The van der Waals surface area contributed by atoms with E-state index in [4.69, 9.17) is 4.55 Å². The number of rotatable bonds is 10. The highest BCUT2D eigenvalue weighted by Crippen LogP contribution is 2.23. The molecule has 0 aromatic rings. The van der Waals surface area contributed by atoms with Crippen LogP contribution in [0.5, 0.6) is 0 Å². The Kier molecular flexibility index (Phi) is 8.88. The van der Waals surface area contributed by atoms with E-state index in [0.717, 1.165) is 6.42 Å². The standard InChI is InChI=1S/C13H28O3S/c1-4-6-7-8-13(5-2)11-12(3)9-10-17(14,15)16/h12-13H,4-11H2,1-3H3,(H,14,15,16). The first-order chi connectivity index (χ1) is 7.89. The van der Waals surface area contributed by atoms with Crippen LogP contribution in [-0.2, 0) is 10.1 Å². The largest absolute Gasteiger partial charge is 0.286 e. The van der Waals surface area contributed by atoms with E-state index in [1.54, 1.807) is 0 Å². The maximum atomic E-state index is 10.7. The summed E-state index contributed by atoms with van der Waals surface area (Å²) in [5, 5.41) is 0. The van der Waals surface area contributed by atoms with Crippen molar-refractivity contribution in [1.29, 1.82) is 0 Å². The van der Waals surface area contributed by atoms with Gasteiger partial charge in [-0.25, -0.2) is 0 Å². The van der Waals surface area contributed by atoms with Crippen LogP contribution >= 0.6 is 0 Å². The van der Waals surface area contributed by atoms with Crippen molar-refractivity contribution >= 4 is 10.1 Å². The van der Waals surface area contributed by atoms with Gasteiger partial charge in [-0.15, -0.1) is 0 Å². The average molecular weight is 264 g/mol. The Hall–Kier alpha value is -0.0900. The molecule has 0 radical (unpaired) electrons. The SMILES string of the molecule is CCCCCC(CC)CC(C)CCS(=O)(=O)O. The van der Waals surface area contributed by atoms with Crippen LogP contribution < -0.4 is 0 Å². The molecule has 0 amide bonds. The molecule has 0 aromatic heterocycles. The van der Waals surface area contributed by atoms with Crippen molar-refractivity contribution in [3.05, 3.63) is 0 Å². The average Bonchev–Trinajstić information content (AvgIpc) is 2.24. The van der Waals surface area contributed by atoms with Crippen molar-refractivity contribution in [2.45, 2.75) is 65.7 Å². The fraction of sp³-hybridized carbons (Fsp3) is 1.00. The fourth-order valence-corrected chi connectivity index (χ4v) is 2.91. The third kappa shape index (κ3) is 10.8. The second-order valence-corrected chi connectivity index (χ2v) is 6.76. The molecule has 0 bridgehead atoms. The van der Waals surface area contributed by atoms with E-state index in [-0.39, 0.29) is 5.75 Å². The highest BCUT2D eigenvalue weighted by atomic mass is 32.2. The van der Waals surface area contributed by atoms with E-state index in [2.05, 4.69) is 20.8 Å². The maximum Gasteiger partial charge on any atom is 0.264 e. The van der Waals surface area contributed by atoms with Gasteiger partial charge in [-0.1, -0.05) is 52.9 Å². The minimum Gasteiger partial charge on any atom is -0.286 e. The third-order valence-corrected chi connectivity index (χ3v) is 4.15. The quantitative estimate of drug-likeness (QED) is 0.481. The summed E-state index contributed by atoms with van der Waals surface area (Å²) in [6.45, 7) is 6.48. The molecule has 3 nitrogen and oxygen atoms in total. The predicted octanol–water partition coefficient (Wildman–Crippen LogP) is 3.90. The normalized spacial score (nSPS) is 15.8. The van der Waals surface area contributed by atoms with E-state index in [9.17, 15) is 8.42 Å². The zero-order chi connectivity index (χ0) is 13.3. The zero-order valence-electron chi connectivity index (χ0n) is 11.5. The lowest BCUT2D eigenvalue weighted by Crippen LogP contribution is -2.11. The first-order valence-corrected chi connectivity index (χ1v) is 8.45. The van der Waals surface area contributed by atoms with E-state index >= 15 is 0 Å². The predicted molar refractivity (Wildman–Crippen MR) is 72.7 cm³/mol. The summed E-state index contributed by atoms with van der Waals surface area (Å²) in [7, 11) is -3.78. The molecule has 17 heavy (non-hydrogen) atoms. The highest BCUT2D eigenvalue weighted by molar-refractivity contribution is 7.85. The molecule has 0 fully saturated rings. The van der Waals surface area contributed by atoms with Crippen LogP contribution in [-0.4, -0.2) is 18.7 Å². The van der Waals surface area contributed by atoms with E-state index in [1.165, 1.54) is 32.1 Å². The molecule has 104 valence electrons. The van der Waals surface area contributed by atoms with E-state index < -0.39 is 10.1 Å². The lowest BCUT2D eigenvalue weighted by molar-refractivity contribution is 0.342. The van der Waals surface area contributed by atoms with Crippen LogP contribution in [0.25, 0.3) is 0 Å². The molecule has 1 N–H and O–H groups in total. The zero-order valence-corrected chi connectivity index (χ0v) is 12.3. The van der Waals surface area contributed by atoms with Gasteiger partial charge in [-0.2, -0.15) is 8.42 Å². The molecule has 0 aromatic carbocycles. The number of unbranched alkanes of at least 4 members (excludes halogenated alkanes) is 2. The second-order valence-electron chi connectivity index (χ2n) is 5.19. The van der Waals surface area contributed by atoms with Gasteiger partial charge in [0, 0.05) is 0 Å². The van der Waals surface area contributed by atoms with Gasteiger partial charge in [0.05, 0.1) is 5.75 Å². The summed E-state index contributed by atoms with van der Waals surface area (Å²) in [4.78, 5) is 0. The summed E-state index contributed by atoms with van der Waals surface area (Å²) < 4.78 is 30.0. The number of hydrogen-bond donors (Lipinski definition) is 1. The van der Waals surface area contributed by atoms with Gasteiger partial charge < -0.3 is 0 Å². The summed E-state index contributed by atoms with van der Waals surface area (Å²) in [6.07, 6.45) is 7.88. The van der Waals surface area contributed by atoms with Gasteiger partial charge in [0.25, 0.3) is 10.1 Å². The van der Waals surface area contributed by atoms with Crippen molar-refractivity contribution < 1.29 is 13.0 Å². The van der Waals surface area contributed by atoms with Crippen LogP contribution in [0, 0.1) is 11.8 Å². The van der Waals surface area contributed by atoms with Gasteiger partial charge in [0.1, 0.15) is 0 Å². The molecule has 0 heterocycles. The van der Waals surface area contributed by atoms with Crippen LogP contribution in [0.3, 0.4) is 0 Å². The molecule has 2 atom stereocenters. The molecule has 4 heteroatoms. The van der Waals surface area contributed by atoms with Gasteiger partial charge in [-0.3, -0.25) is 4.55 Å². The molecule has 0 rings (SSSR count). The minimum atomic E-state index is -3.78. The molecule has 0 saturated carbocycles. The summed E-state index contributed by atoms with van der Waals surface area (Å²) in [5.74, 6) is 0.987. The Labute approximate surface area is 107 Å². The van der Waals surface area contributed by atoms with Crippen LogP contribution in [0.2, 0.25) is 0 Å². The third-order valence-electron chi connectivity index (χ3n) is 3.40. The lowest BCUT2D eigenvalue weighted by Gasteiger charge is -2.19. The van der Waals surface area contributed by atoms with Crippen molar-refractivity contribution in [1.82, 2.24) is 0 Å². The van der Waals surface area contributed by atoms with Crippen molar-refractivity contribution in [2.24, 2.45) is 11.8 Å². The van der Waals surface area contributed by atoms with E-state index in [1.807, 2.05) is 0 Å². The number of hydrogen-bond acceptors (Lipinski definition) is 2. The molecule has 2 unspecified atom stereocenters. The van der Waals surface area contributed by atoms with Crippen LogP contribution in [0.1, 0.15) is 65.7 Å². The second kappa shape index (κ2) is 8.92. The molecule has 0 aliphatic carbocycles. The van der Waals surface area contributed by atoms with Gasteiger partial charge in [0.2, 0.25) is 0 Å². The fourth-order valence-electron chi connectivity index (χ4n) is 2.21. The Balaban J connectivity index is 3.85. The van der Waals surface area contributed by atoms with Crippen molar-refractivity contribution in [3.8, 4) is 0 Å². The first kappa shape index (κ1) is 16.9. The summed E-state index contributed by atoms with van der Waals surface area (Å²) in [5.41, 5.74) is 0. The monoisotopic (exact) mass is 264 g/mol. The Morgan fingerprint density at radius 3 is 2.24 bits per heavy atom.